The molecule has 1 rings (SSSR count). The summed E-state index contributed by atoms with van der Waals surface area (Å²) in [5, 5.41) is 0. The lowest BCUT2D eigenvalue weighted by atomic mass is 10.4. The molecule has 1 heterocycles. The van der Waals surface area contributed by atoms with Crippen LogP contribution in [0.5, 0.6) is 0 Å². The van der Waals surface area contributed by atoms with Crippen molar-refractivity contribution < 1.29 is 4.79 Å². The summed E-state index contributed by atoms with van der Waals surface area (Å²) >= 11 is 0. The van der Waals surface area contributed by atoms with Crippen LogP contribution in [-0.2, 0) is 0 Å². The second-order valence-corrected chi connectivity index (χ2v) is 1.84. The molecule has 0 aliphatic heterocycles. The van der Waals surface area contributed by atoms with E-state index in [0.29, 0.717) is 11.0 Å². The number of nitrogens with two attached hydrogens (primary N) is 1. The first-order valence-corrected chi connectivity index (χ1v) is 2.72. The van der Waals surface area contributed by atoms with Gasteiger partial charge in [-0.05, 0) is 0 Å². The molecule has 0 spiro atoms. The number of aldehydes is 1. The van der Waals surface area contributed by atoms with Crippen LogP contribution in [-0.4, -0.2) is 15.9 Å². The summed E-state index contributed by atoms with van der Waals surface area (Å²) in [7, 11) is 0. The molecule has 6 heteroatoms. The van der Waals surface area contributed by atoms with E-state index in [4.69, 9.17) is 5.84 Å². The SMILES string of the molecule is Nn1c(=O)[nH]cc(C=O)c1=O. The van der Waals surface area contributed by atoms with E-state index in [9.17, 15) is 14.4 Å². The van der Waals surface area contributed by atoms with E-state index < -0.39 is 11.2 Å². The molecule has 0 fully saturated rings. The van der Waals surface area contributed by atoms with Gasteiger partial charge in [-0.3, -0.25) is 9.59 Å². The molecule has 0 atom stereocenters. The minimum atomic E-state index is -0.802. The first kappa shape index (κ1) is 7.26. The van der Waals surface area contributed by atoms with Crippen LogP contribution in [0.3, 0.4) is 0 Å². The first-order valence-electron chi connectivity index (χ1n) is 2.72. The van der Waals surface area contributed by atoms with Crippen molar-refractivity contribution in [3.05, 3.63) is 32.6 Å². The molecule has 58 valence electrons. The summed E-state index contributed by atoms with van der Waals surface area (Å²) in [5.41, 5.74) is -1.73. The molecule has 1 aromatic heterocycles. The summed E-state index contributed by atoms with van der Waals surface area (Å²) in [6.45, 7) is 0. The molecule has 0 saturated heterocycles. The smallest absolute Gasteiger partial charge is 0.332 e. The van der Waals surface area contributed by atoms with Crippen LogP contribution in [0.2, 0.25) is 0 Å². The Morgan fingerprint density at radius 1 is 1.55 bits per heavy atom. The molecular weight excluding hydrogens is 150 g/mol. The molecular formula is C5H5N3O3. The lowest BCUT2D eigenvalue weighted by Gasteiger charge is -1.93. The molecule has 3 N–H and O–H groups in total. The minimum absolute atomic E-state index is 0.174. The fourth-order valence-corrected chi connectivity index (χ4v) is 0.587. The van der Waals surface area contributed by atoms with Gasteiger partial charge in [0, 0.05) is 6.20 Å². The van der Waals surface area contributed by atoms with Gasteiger partial charge in [0.2, 0.25) is 0 Å². The molecule has 0 radical (unpaired) electrons. The summed E-state index contributed by atoms with van der Waals surface area (Å²) in [6.07, 6.45) is 1.34. The molecule has 11 heavy (non-hydrogen) atoms. The first-order chi connectivity index (χ1) is 5.16. The van der Waals surface area contributed by atoms with Gasteiger partial charge in [0.05, 0.1) is 5.56 Å². The number of hydrogen-bond acceptors (Lipinski definition) is 4. The number of aromatic nitrogens is 2. The maximum absolute atomic E-state index is 10.8. The van der Waals surface area contributed by atoms with E-state index in [-0.39, 0.29) is 5.56 Å². The zero-order valence-electron chi connectivity index (χ0n) is 5.40. The lowest BCUT2D eigenvalue weighted by Crippen LogP contribution is -2.41. The second kappa shape index (κ2) is 2.41. The summed E-state index contributed by atoms with van der Waals surface area (Å²) in [6, 6.07) is 0. The van der Waals surface area contributed by atoms with Crippen molar-refractivity contribution in [2.24, 2.45) is 0 Å². The average Bonchev–Trinajstić information content (AvgIpc) is 2.01. The number of nitrogens with one attached hydrogen (secondary N) is 1. The van der Waals surface area contributed by atoms with Crippen LogP contribution in [0.15, 0.2) is 15.8 Å². The van der Waals surface area contributed by atoms with E-state index in [1.54, 1.807) is 0 Å². The van der Waals surface area contributed by atoms with E-state index in [2.05, 4.69) is 4.98 Å². The Morgan fingerprint density at radius 2 is 2.18 bits per heavy atom. The highest BCUT2D eigenvalue weighted by Gasteiger charge is 2.01. The van der Waals surface area contributed by atoms with Crippen LogP contribution >= 0.6 is 0 Å². The highest BCUT2D eigenvalue weighted by Crippen LogP contribution is 1.74. The van der Waals surface area contributed by atoms with Gasteiger partial charge in [0.25, 0.3) is 5.56 Å². The summed E-state index contributed by atoms with van der Waals surface area (Å²) < 4.78 is 0.337. The van der Waals surface area contributed by atoms with Crippen molar-refractivity contribution in [3.63, 3.8) is 0 Å². The molecule has 0 saturated carbocycles. The van der Waals surface area contributed by atoms with Crippen LogP contribution in [0.25, 0.3) is 0 Å². The van der Waals surface area contributed by atoms with Gasteiger partial charge in [-0.15, -0.1) is 0 Å². The standard InChI is InChI=1S/C5H5N3O3/c6-8-4(10)3(2-9)1-7-5(8)11/h1-2H,6H2,(H,7,11). The van der Waals surface area contributed by atoms with Gasteiger partial charge in [-0.25, -0.2) is 4.79 Å². The van der Waals surface area contributed by atoms with Gasteiger partial charge in [-0.1, -0.05) is 0 Å². The topological polar surface area (TPSA) is 97.9 Å². The predicted octanol–water partition coefficient (Wildman–Crippen LogP) is -1.94. The zero-order valence-corrected chi connectivity index (χ0v) is 5.40. The molecule has 0 aliphatic carbocycles. The Labute approximate surface area is 60.2 Å². The third-order valence-corrected chi connectivity index (χ3v) is 1.16. The van der Waals surface area contributed by atoms with Crippen LogP contribution in [0.4, 0.5) is 0 Å². The Kier molecular flexibility index (Phi) is 1.59. The second-order valence-electron chi connectivity index (χ2n) is 1.84. The Hall–Kier alpha value is -1.85. The normalized spacial score (nSPS) is 9.45. The Bertz CT molecular complexity index is 389. The number of hydrogen-bond donors (Lipinski definition) is 2. The number of aromatic amines is 1. The van der Waals surface area contributed by atoms with Crippen molar-refractivity contribution in [3.8, 4) is 0 Å². The number of nitrogens with zero attached hydrogens (tertiary/aromatic N) is 1. The van der Waals surface area contributed by atoms with Crippen molar-refractivity contribution in [2.75, 3.05) is 5.84 Å². The van der Waals surface area contributed by atoms with Gasteiger partial charge in [0.1, 0.15) is 0 Å². The van der Waals surface area contributed by atoms with Crippen molar-refractivity contribution in [2.45, 2.75) is 0 Å². The third kappa shape index (κ3) is 1.05. The third-order valence-electron chi connectivity index (χ3n) is 1.16. The van der Waals surface area contributed by atoms with Crippen molar-refractivity contribution >= 4 is 6.29 Å². The van der Waals surface area contributed by atoms with Crippen molar-refractivity contribution in [1.82, 2.24) is 9.66 Å². The number of H-pyrrole nitrogens is 1. The van der Waals surface area contributed by atoms with Crippen LogP contribution in [0, 0.1) is 0 Å². The molecule has 0 aliphatic rings. The fourth-order valence-electron chi connectivity index (χ4n) is 0.587. The monoisotopic (exact) mass is 155 g/mol. The fraction of sp³-hybridized carbons (Fsp3) is 0. The largest absolute Gasteiger partial charge is 0.347 e. The van der Waals surface area contributed by atoms with Crippen LogP contribution in [0.1, 0.15) is 10.4 Å². The van der Waals surface area contributed by atoms with Crippen molar-refractivity contribution in [1.29, 1.82) is 0 Å². The Morgan fingerprint density at radius 3 is 2.73 bits per heavy atom. The minimum Gasteiger partial charge on any atom is -0.332 e. The van der Waals surface area contributed by atoms with E-state index in [1.807, 2.05) is 0 Å². The average molecular weight is 155 g/mol. The quantitative estimate of drug-likeness (QED) is 0.364. The summed E-state index contributed by atoms with van der Waals surface area (Å²) in [4.78, 5) is 33.6. The highest BCUT2D eigenvalue weighted by molar-refractivity contribution is 5.73. The van der Waals surface area contributed by atoms with Gasteiger partial charge in [0.15, 0.2) is 6.29 Å². The number of carbonyl (C=O) groups is 1. The Balaban J connectivity index is 3.62. The maximum atomic E-state index is 10.8. The molecule has 0 amide bonds. The van der Waals surface area contributed by atoms with Gasteiger partial charge in [-0.2, -0.15) is 4.68 Å². The molecule has 0 unspecified atom stereocenters. The molecule has 6 nitrogen and oxygen atoms in total. The lowest BCUT2D eigenvalue weighted by molar-refractivity contribution is 0.112. The van der Waals surface area contributed by atoms with E-state index >= 15 is 0 Å². The maximum Gasteiger partial charge on any atom is 0.347 e. The number of nitrogen functional groups attached to an aromatic ring is 1. The van der Waals surface area contributed by atoms with Crippen LogP contribution < -0.4 is 17.1 Å². The number of carbonyl (C=O) groups excluding carboxylic acids is 1. The highest BCUT2D eigenvalue weighted by atomic mass is 16.2. The van der Waals surface area contributed by atoms with Gasteiger partial charge >= 0.3 is 5.69 Å². The summed E-state index contributed by atoms with van der Waals surface area (Å²) in [5.74, 6) is 4.96. The van der Waals surface area contributed by atoms with E-state index in [0.717, 1.165) is 6.20 Å². The van der Waals surface area contributed by atoms with E-state index in [1.165, 1.54) is 0 Å². The molecule has 0 bridgehead atoms. The van der Waals surface area contributed by atoms with Gasteiger partial charge < -0.3 is 10.8 Å². The number of rotatable bonds is 1. The zero-order chi connectivity index (χ0) is 8.43. The molecule has 0 aromatic carbocycles. The predicted molar refractivity (Wildman–Crippen MR) is 36.9 cm³/mol. The molecule has 1 aromatic rings.